The van der Waals surface area contributed by atoms with E-state index in [1.165, 1.54) is 15.0 Å². The predicted molar refractivity (Wildman–Crippen MR) is 277 cm³/mol. The third-order valence-corrected chi connectivity index (χ3v) is 15.2. The highest BCUT2D eigenvalue weighted by Crippen LogP contribution is 2.35. The van der Waals surface area contributed by atoms with E-state index in [1.807, 2.05) is 67.4 Å². The Labute approximate surface area is 427 Å². The molecular weight excluding hydrogens is 951 g/mol. The molecule has 2 aromatic heterocycles. The summed E-state index contributed by atoms with van der Waals surface area (Å²) >= 11 is 1.58. The zero-order valence-electron chi connectivity index (χ0n) is 41.4. The second-order valence-corrected chi connectivity index (χ2v) is 20.1. The normalized spacial score (nSPS) is 17.9. The maximum absolute atomic E-state index is 13.9. The Morgan fingerprint density at radius 1 is 0.822 bits per heavy atom. The number of aromatic nitrogens is 2. The van der Waals surface area contributed by atoms with E-state index in [1.54, 1.807) is 42.8 Å². The number of anilines is 4. The van der Waals surface area contributed by atoms with Crippen LogP contribution in [0.4, 0.5) is 22.9 Å². The predicted octanol–water partition coefficient (Wildman–Crippen LogP) is 6.22. The van der Waals surface area contributed by atoms with E-state index < -0.39 is 35.7 Å². The average Bonchev–Trinajstić information content (AvgIpc) is 3.93. The summed E-state index contributed by atoms with van der Waals surface area (Å²) in [5, 5.41) is 11.7. The van der Waals surface area contributed by atoms with E-state index in [9.17, 15) is 33.6 Å². The van der Waals surface area contributed by atoms with Crippen molar-refractivity contribution in [3.63, 3.8) is 0 Å². The Balaban J connectivity index is 0.692. The van der Waals surface area contributed by atoms with Gasteiger partial charge in [-0.25, -0.2) is 4.98 Å². The number of carbonyl (C=O) groups is 6. The fraction of sp³-hybridized carbons (Fsp3) is 0.407. The highest BCUT2D eigenvalue weighted by Gasteiger charge is 2.45. The molecule has 6 amide bonds. The van der Waals surface area contributed by atoms with Gasteiger partial charge in [-0.05, 0) is 118 Å². The van der Waals surface area contributed by atoms with Crippen LogP contribution in [0.3, 0.4) is 0 Å². The number of hydrogen-bond donors (Lipinski definition) is 4. The summed E-state index contributed by atoms with van der Waals surface area (Å²) < 4.78 is 13.0. The van der Waals surface area contributed by atoms with E-state index in [0.29, 0.717) is 73.7 Å². The number of unbranched alkanes of at least 4 members (excludes halogenated alkanes) is 2. The molecule has 18 nitrogen and oxygen atoms in total. The van der Waals surface area contributed by atoms with Gasteiger partial charge >= 0.3 is 0 Å². The van der Waals surface area contributed by atoms with Crippen molar-refractivity contribution in [2.75, 3.05) is 75.6 Å². The topological polar surface area (TPSA) is 214 Å². The van der Waals surface area contributed by atoms with Gasteiger partial charge in [-0.2, -0.15) is 0 Å². The lowest BCUT2D eigenvalue weighted by atomic mass is 9.99. The van der Waals surface area contributed by atoms with Gasteiger partial charge in [0, 0.05) is 80.0 Å². The number of thiophene rings is 1. The maximum atomic E-state index is 13.9. The van der Waals surface area contributed by atoms with Gasteiger partial charge in [0.25, 0.3) is 23.3 Å². The maximum Gasteiger partial charge on any atom is 0.293 e. The molecule has 0 radical (unpaired) electrons. The molecule has 4 N–H and O–H groups in total. The standard InChI is InChI=1S/C54H61N9O9S/c1-33-37(12-9-14-39(33)58-50(66)44-31-35-11-5-6-16-43(35)73-44)41-32-61(3)54(70)48(57-41)56-36-19-17-34(18-20-36)47-53(69)62(26-25-60(47)2)24-7-4-8-27-71-29-30-72-28-23-55-40-15-10-13-38-46(40)52(68)63(51(38)67)42-21-22-45(64)59-49(42)65/h9-10,12-15,17-20,31-32,42,47,55H,4-8,11,16,21-30H2,1-3H3,(H,56,57)(H,58,66)(H,59,64,65)/t42?,47-/m1/s1. The molecule has 9 rings (SSSR count). The van der Waals surface area contributed by atoms with Crippen LogP contribution in [-0.4, -0.2) is 125 Å². The molecule has 19 heteroatoms. The summed E-state index contributed by atoms with van der Waals surface area (Å²) in [6.07, 6.45) is 8.78. The fourth-order valence-electron chi connectivity index (χ4n) is 9.96. The number of hydrogen-bond acceptors (Lipinski definition) is 14. The highest BCUT2D eigenvalue weighted by molar-refractivity contribution is 7.14. The van der Waals surface area contributed by atoms with Gasteiger partial charge in [-0.3, -0.25) is 48.7 Å². The van der Waals surface area contributed by atoms with Gasteiger partial charge in [-0.1, -0.05) is 30.3 Å². The Morgan fingerprint density at radius 3 is 2.36 bits per heavy atom. The van der Waals surface area contributed by atoms with Crippen molar-refractivity contribution in [1.29, 1.82) is 0 Å². The van der Waals surface area contributed by atoms with Crippen molar-refractivity contribution in [2.24, 2.45) is 7.05 Å². The van der Waals surface area contributed by atoms with Gasteiger partial charge in [0.15, 0.2) is 5.82 Å². The molecule has 2 saturated heterocycles. The van der Waals surface area contributed by atoms with Crippen LogP contribution >= 0.6 is 11.3 Å². The minimum absolute atomic E-state index is 0.0508. The molecule has 5 aromatic rings. The number of nitrogens with zero attached hydrogens (tertiary/aromatic N) is 5. The summed E-state index contributed by atoms with van der Waals surface area (Å²) in [4.78, 5) is 103. The third-order valence-electron chi connectivity index (χ3n) is 14.0. The first-order chi connectivity index (χ1) is 35.4. The molecule has 2 fully saturated rings. The van der Waals surface area contributed by atoms with Crippen molar-refractivity contribution >= 4 is 69.7 Å². The zero-order chi connectivity index (χ0) is 51.2. The van der Waals surface area contributed by atoms with Crippen molar-refractivity contribution < 1.29 is 38.2 Å². The fourth-order valence-corrected chi connectivity index (χ4v) is 11.1. The van der Waals surface area contributed by atoms with Gasteiger partial charge < -0.3 is 34.9 Å². The molecule has 3 aromatic carbocycles. The number of piperazine rings is 1. The Morgan fingerprint density at radius 2 is 1.58 bits per heavy atom. The van der Waals surface area contributed by atoms with Crippen molar-refractivity contribution in [3.8, 4) is 11.3 Å². The molecule has 1 aliphatic carbocycles. The quantitative estimate of drug-likeness (QED) is 0.0504. The Kier molecular flexibility index (Phi) is 15.9. The molecule has 73 heavy (non-hydrogen) atoms. The highest BCUT2D eigenvalue weighted by atomic mass is 32.1. The van der Waals surface area contributed by atoms with E-state index in [4.69, 9.17) is 14.5 Å². The molecule has 0 spiro atoms. The van der Waals surface area contributed by atoms with E-state index in [-0.39, 0.29) is 47.2 Å². The molecule has 5 heterocycles. The summed E-state index contributed by atoms with van der Waals surface area (Å²) in [5.74, 6) is -2.12. The number of carbonyl (C=O) groups excluding carboxylic acids is 6. The van der Waals surface area contributed by atoms with Crippen LogP contribution in [0, 0.1) is 6.92 Å². The number of likely N-dealkylation sites (N-methyl/N-ethyl adjacent to an activating group) is 1. The van der Waals surface area contributed by atoms with Crippen LogP contribution < -0.4 is 26.8 Å². The molecule has 382 valence electrons. The lowest BCUT2D eigenvalue weighted by molar-refractivity contribution is -0.141. The third kappa shape index (κ3) is 11.3. The number of rotatable bonds is 20. The van der Waals surface area contributed by atoms with Gasteiger partial charge in [0.05, 0.1) is 41.5 Å². The lowest BCUT2D eigenvalue weighted by Gasteiger charge is -2.39. The number of aryl methyl sites for hydroxylation is 3. The average molecular weight is 1010 g/mol. The van der Waals surface area contributed by atoms with E-state index in [2.05, 4.69) is 26.2 Å². The largest absolute Gasteiger partial charge is 0.382 e. The van der Waals surface area contributed by atoms with Crippen molar-refractivity contribution in [1.82, 2.24) is 29.6 Å². The second-order valence-electron chi connectivity index (χ2n) is 18.9. The van der Waals surface area contributed by atoms with Crippen LogP contribution in [0.25, 0.3) is 11.3 Å². The van der Waals surface area contributed by atoms with Crippen LogP contribution in [0.1, 0.15) is 103 Å². The minimum atomic E-state index is -1.03. The van der Waals surface area contributed by atoms with E-state index in [0.717, 1.165) is 73.1 Å². The Bertz CT molecular complexity index is 2970. The van der Waals surface area contributed by atoms with Gasteiger partial charge in [0.1, 0.15) is 12.1 Å². The second kappa shape index (κ2) is 22.8. The first-order valence-corrected chi connectivity index (χ1v) is 25.9. The number of benzene rings is 3. The monoisotopic (exact) mass is 1010 g/mol. The number of fused-ring (bicyclic) bond motifs is 2. The van der Waals surface area contributed by atoms with Crippen LogP contribution in [0.5, 0.6) is 0 Å². The van der Waals surface area contributed by atoms with Crippen molar-refractivity contribution in [3.05, 3.63) is 121 Å². The first-order valence-electron chi connectivity index (χ1n) is 25.1. The molecule has 2 atom stereocenters. The summed E-state index contributed by atoms with van der Waals surface area (Å²) in [7, 11) is 3.64. The summed E-state index contributed by atoms with van der Waals surface area (Å²) in [6, 6.07) is 18.7. The molecular formula is C54H61N9O9S. The summed E-state index contributed by atoms with van der Waals surface area (Å²) in [6.45, 7) is 6.02. The van der Waals surface area contributed by atoms with E-state index >= 15 is 0 Å². The Hall–Kier alpha value is -7.06. The molecule has 1 unspecified atom stereocenters. The minimum Gasteiger partial charge on any atom is -0.382 e. The zero-order valence-corrected chi connectivity index (χ0v) is 42.2. The number of amides is 6. The molecule has 3 aliphatic heterocycles. The molecule has 4 aliphatic rings. The number of ether oxygens (including phenoxy) is 2. The van der Waals surface area contributed by atoms with Crippen molar-refractivity contribution in [2.45, 2.75) is 76.8 Å². The first kappa shape index (κ1) is 50.9. The molecule has 0 bridgehead atoms. The van der Waals surface area contributed by atoms with Crippen LogP contribution in [0.2, 0.25) is 0 Å². The SMILES string of the molecule is Cc1c(NC(=O)c2cc3c(s2)CCCC3)cccc1-c1cn(C)c(=O)c(Nc2ccc([C@@H]3C(=O)N(CCCCCOCCOCCNc4cccc5c4C(=O)N(C4CCC(=O)NC4=O)C5=O)CCN3C)cc2)n1. The molecule has 0 saturated carbocycles. The lowest BCUT2D eigenvalue weighted by Crippen LogP contribution is -2.54. The number of piperidine rings is 1. The number of imide groups is 2. The van der Waals surface area contributed by atoms with Crippen LogP contribution in [-0.2, 0) is 43.7 Å². The number of nitrogens with one attached hydrogen (secondary N) is 4. The van der Waals surface area contributed by atoms with Gasteiger partial charge in [-0.15, -0.1) is 11.3 Å². The van der Waals surface area contributed by atoms with Gasteiger partial charge in [0.2, 0.25) is 17.7 Å². The smallest absolute Gasteiger partial charge is 0.293 e. The summed E-state index contributed by atoms with van der Waals surface area (Å²) in [5.41, 5.74) is 6.28. The van der Waals surface area contributed by atoms with Crippen LogP contribution in [0.15, 0.2) is 77.7 Å².